The number of piperazine rings is 1. The SMILES string of the molecule is Fc1ccc2c(c1)C(N1CCNCC1)CCCO2. The molecule has 0 aliphatic carbocycles. The molecule has 0 saturated carbocycles. The van der Waals surface area contributed by atoms with E-state index in [1.54, 1.807) is 12.1 Å². The molecule has 4 heteroatoms. The number of ether oxygens (including phenoxy) is 1. The number of fused-ring (bicyclic) bond motifs is 1. The zero-order valence-corrected chi connectivity index (χ0v) is 10.5. The predicted octanol–water partition coefficient (Wildman–Crippen LogP) is 1.94. The van der Waals surface area contributed by atoms with Crippen molar-refractivity contribution >= 4 is 0 Å². The predicted molar refractivity (Wildman–Crippen MR) is 68.3 cm³/mol. The Labute approximate surface area is 107 Å². The van der Waals surface area contributed by atoms with Gasteiger partial charge in [-0.1, -0.05) is 0 Å². The molecule has 0 aromatic heterocycles. The summed E-state index contributed by atoms with van der Waals surface area (Å²) in [5.41, 5.74) is 1.02. The molecule has 2 aliphatic heterocycles. The van der Waals surface area contributed by atoms with Gasteiger partial charge in [-0.25, -0.2) is 4.39 Å². The minimum absolute atomic E-state index is 0.167. The lowest BCUT2D eigenvalue weighted by Gasteiger charge is -2.34. The third-order valence-corrected chi connectivity index (χ3v) is 3.80. The molecule has 3 nitrogen and oxygen atoms in total. The van der Waals surface area contributed by atoms with Crippen LogP contribution in [0.2, 0.25) is 0 Å². The maximum absolute atomic E-state index is 13.5. The summed E-state index contributed by atoms with van der Waals surface area (Å²) in [6.45, 7) is 4.83. The van der Waals surface area contributed by atoms with E-state index in [1.165, 1.54) is 6.07 Å². The fourth-order valence-corrected chi connectivity index (χ4v) is 2.90. The number of hydrogen-bond donors (Lipinski definition) is 1. The van der Waals surface area contributed by atoms with Crippen LogP contribution in [0.15, 0.2) is 18.2 Å². The largest absolute Gasteiger partial charge is 0.493 e. The van der Waals surface area contributed by atoms with Gasteiger partial charge in [-0.3, -0.25) is 4.90 Å². The van der Waals surface area contributed by atoms with Gasteiger partial charge in [0.25, 0.3) is 0 Å². The first kappa shape index (κ1) is 11.9. The van der Waals surface area contributed by atoms with Crippen LogP contribution >= 0.6 is 0 Å². The fourth-order valence-electron chi connectivity index (χ4n) is 2.90. The molecule has 3 rings (SSSR count). The summed E-state index contributed by atoms with van der Waals surface area (Å²) in [6.07, 6.45) is 2.08. The second-order valence-corrected chi connectivity index (χ2v) is 4.97. The van der Waals surface area contributed by atoms with Crippen LogP contribution in [0.3, 0.4) is 0 Å². The summed E-state index contributed by atoms with van der Waals surface area (Å²) in [7, 11) is 0. The highest BCUT2D eigenvalue weighted by Crippen LogP contribution is 2.35. The van der Waals surface area contributed by atoms with Crippen LogP contribution in [-0.2, 0) is 0 Å². The van der Waals surface area contributed by atoms with E-state index in [4.69, 9.17) is 4.74 Å². The molecular weight excluding hydrogens is 231 g/mol. The van der Waals surface area contributed by atoms with Crippen molar-refractivity contribution in [1.29, 1.82) is 0 Å². The highest BCUT2D eigenvalue weighted by Gasteiger charge is 2.26. The minimum Gasteiger partial charge on any atom is -0.493 e. The average Bonchev–Trinajstić information content (AvgIpc) is 2.61. The van der Waals surface area contributed by atoms with Crippen LogP contribution in [0.4, 0.5) is 4.39 Å². The van der Waals surface area contributed by atoms with E-state index >= 15 is 0 Å². The molecule has 2 aliphatic rings. The highest BCUT2D eigenvalue weighted by molar-refractivity contribution is 5.37. The van der Waals surface area contributed by atoms with Crippen molar-refractivity contribution in [3.8, 4) is 5.75 Å². The van der Waals surface area contributed by atoms with Crippen LogP contribution < -0.4 is 10.1 Å². The maximum atomic E-state index is 13.5. The second-order valence-electron chi connectivity index (χ2n) is 4.97. The standard InChI is InChI=1S/C14H19FN2O/c15-11-3-4-14-12(10-11)13(2-1-9-18-14)17-7-5-16-6-8-17/h3-4,10,13,16H,1-2,5-9H2. The lowest BCUT2D eigenvalue weighted by molar-refractivity contribution is 0.165. The van der Waals surface area contributed by atoms with Gasteiger partial charge < -0.3 is 10.1 Å². The average molecular weight is 250 g/mol. The van der Waals surface area contributed by atoms with E-state index in [1.807, 2.05) is 0 Å². The highest BCUT2D eigenvalue weighted by atomic mass is 19.1. The van der Waals surface area contributed by atoms with Crippen molar-refractivity contribution in [3.05, 3.63) is 29.6 Å². The summed E-state index contributed by atoms with van der Waals surface area (Å²) in [5, 5.41) is 3.36. The van der Waals surface area contributed by atoms with Gasteiger partial charge in [0.2, 0.25) is 0 Å². The molecule has 2 heterocycles. The molecule has 0 amide bonds. The topological polar surface area (TPSA) is 24.5 Å². The summed E-state index contributed by atoms with van der Waals surface area (Å²) in [6, 6.07) is 5.21. The van der Waals surface area contributed by atoms with Crippen molar-refractivity contribution in [2.24, 2.45) is 0 Å². The van der Waals surface area contributed by atoms with Gasteiger partial charge in [0.15, 0.2) is 0 Å². The second kappa shape index (κ2) is 5.24. The smallest absolute Gasteiger partial charge is 0.124 e. The van der Waals surface area contributed by atoms with E-state index in [0.29, 0.717) is 6.04 Å². The third-order valence-electron chi connectivity index (χ3n) is 3.80. The van der Waals surface area contributed by atoms with Crippen LogP contribution in [0.25, 0.3) is 0 Å². The molecule has 1 fully saturated rings. The monoisotopic (exact) mass is 250 g/mol. The molecule has 1 aromatic rings. The molecular formula is C14H19FN2O. The zero-order chi connectivity index (χ0) is 12.4. The quantitative estimate of drug-likeness (QED) is 0.824. The summed E-state index contributed by atoms with van der Waals surface area (Å²) < 4.78 is 19.2. The van der Waals surface area contributed by atoms with E-state index in [9.17, 15) is 4.39 Å². The lowest BCUT2D eigenvalue weighted by Crippen LogP contribution is -2.45. The number of hydrogen-bond acceptors (Lipinski definition) is 3. The van der Waals surface area contributed by atoms with Gasteiger partial charge in [-0.15, -0.1) is 0 Å². The van der Waals surface area contributed by atoms with Gasteiger partial charge in [0, 0.05) is 37.8 Å². The number of benzene rings is 1. The zero-order valence-electron chi connectivity index (χ0n) is 10.5. The molecule has 0 radical (unpaired) electrons. The third kappa shape index (κ3) is 2.35. The van der Waals surface area contributed by atoms with Crippen molar-refractivity contribution in [2.75, 3.05) is 32.8 Å². The molecule has 1 saturated heterocycles. The number of nitrogens with one attached hydrogen (secondary N) is 1. The Bertz CT molecular complexity index is 418. The molecule has 0 spiro atoms. The Morgan fingerprint density at radius 3 is 2.94 bits per heavy atom. The van der Waals surface area contributed by atoms with Crippen molar-refractivity contribution < 1.29 is 9.13 Å². The van der Waals surface area contributed by atoms with Gasteiger partial charge in [-0.05, 0) is 31.0 Å². The molecule has 0 bridgehead atoms. The Hall–Kier alpha value is -1.13. The first-order valence-electron chi connectivity index (χ1n) is 6.71. The summed E-state index contributed by atoms with van der Waals surface area (Å²) in [4.78, 5) is 2.45. The molecule has 18 heavy (non-hydrogen) atoms. The first-order valence-corrected chi connectivity index (χ1v) is 6.71. The molecule has 1 aromatic carbocycles. The van der Waals surface area contributed by atoms with Crippen molar-refractivity contribution in [1.82, 2.24) is 10.2 Å². The first-order chi connectivity index (χ1) is 8.84. The molecule has 98 valence electrons. The van der Waals surface area contributed by atoms with Crippen molar-refractivity contribution in [3.63, 3.8) is 0 Å². The normalized spacial score (nSPS) is 25.1. The van der Waals surface area contributed by atoms with Gasteiger partial charge in [0.1, 0.15) is 11.6 Å². The number of rotatable bonds is 1. The van der Waals surface area contributed by atoms with Gasteiger partial charge in [0.05, 0.1) is 6.61 Å². The van der Waals surface area contributed by atoms with E-state index in [0.717, 1.165) is 56.9 Å². The maximum Gasteiger partial charge on any atom is 0.124 e. The van der Waals surface area contributed by atoms with Crippen LogP contribution in [-0.4, -0.2) is 37.7 Å². The van der Waals surface area contributed by atoms with Crippen LogP contribution in [0.1, 0.15) is 24.4 Å². The van der Waals surface area contributed by atoms with E-state index in [2.05, 4.69) is 10.2 Å². The Morgan fingerprint density at radius 1 is 1.28 bits per heavy atom. The van der Waals surface area contributed by atoms with Gasteiger partial charge in [-0.2, -0.15) is 0 Å². The fraction of sp³-hybridized carbons (Fsp3) is 0.571. The minimum atomic E-state index is -0.167. The van der Waals surface area contributed by atoms with Crippen molar-refractivity contribution in [2.45, 2.75) is 18.9 Å². The van der Waals surface area contributed by atoms with E-state index in [-0.39, 0.29) is 5.82 Å². The number of nitrogens with zero attached hydrogens (tertiary/aromatic N) is 1. The van der Waals surface area contributed by atoms with Crippen LogP contribution in [0, 0.1) is 5.82 Å². The van der Waals surface area contributed by atoms with Gasteiger partial charge >= 0.3 is 0 Å². The Balaban J connectivity index is 1.91. The van der Waals surface area contributed by atoms with Crippen LogP contribution in [0.5, 0.6) is 5.75 Å². The Kier molecular flexibility index (Phi) is 3.48. The lowest BCUT2D eigenvalue weighted by atomic mass is 9.99. The summed E-state index contributed by atoms with van der Waals surface area (Å²) >= 11 is 0. The van der Waals surface area contributed by atoms with E-state index < -0.39 is 0 Å². The molecule has 1 unspecified atom stereocenters. The summed E-state index contributed by atoms with van der Waals surface area (Å²) in [5.74, 6) is 0.691. The molecule has 1 atom stereocenters. The number of halogens is 1. The Morgan fingerprint density at radius 2 is 2.11 bits per heavy atom. The molecule has 1 N–H and O–H groups in total.